The fourth-order valence-electron chi connectivity index (χ4n) is 2.45. The van der Waals surface area contributed by atoms with Gasteiger partial charge in [0.2, 0.25) is 5.91 Å². The van der Waals surface area contributed by atoms with Gasteiger partial charge in [-0.2, -0.15) is 5.26 Å². The highest BCUT2D eigenvalue weighted by Gasteiger charge is 2.35. The van der Waals surface area contributed by atoms with Gasteiger partial charge in [0.05, 0.1) is 29.6 Å². The van der Waals surface area contributed by atoms with Gasteiger partial charge in [0.25, 0.3) is 0 Å². The molecule has 3 N–H and O–H groups in total. The molecule has 0 bridgehead atoms. The van der Waals surface area contributed by atoms with E-state index >= 15 is 0 Å². The predicted octanol–water partition coefficient (Wildman–Crippen LogP) is 1.44. The average molecular weight is 258 g/mol. The molecular weight excluding hydrogens is 240 g/mol. The van der Waals surface area contributed by atoms with Crippen molar-refractivity contribution in [3.05, 3.63) is 23.8 Å². The van der Waals surface area contributed by atoms with Crippen LogP contribution in [-0.4, -0.2) is 24.5 Å². The summed E-state index contributed by atoms with van der Waals surface area (Å²) in [6.07, 6.45) is 0.703. The van der Waals surface area contributed by atoms with Crippen molar-refractivity contribution in [2.75, 3.05) is 23.3 Å². The minimum atomic E-state index is -0.364. The molecule has 0 fully saturated rings. The highest BCUT2D eigenvalue weighted by molar-refractivity contribution is 6.03. The second-order valence-corrected chi connectivity index (χ2v) is 5.28. The van der Waals surface area contributed by atoms with E-state index in [9.17, 15) is 4.79 Å². The number of hydrogen-bond donors (Lipinski definition) is 2. The van der Waals surface area contributed by atoms with Gasteiger partial charge in [-0.1, -0.05) is 0 Å². The van der Waals surface area contributed by atoms with Crippen molar-refractivity contribution in [3.8, 4) is 6.07 Å². The van der Waals surface area contributed by atoms with Gasteiger partial charge < -0.3 is 16.0 Å². The number of nitrogens with zero attached hydrogens (tertiary/aromatic N) is 2. The summed E-state index contributed by atoms with van der Waals surface area (Å²) in [5.41, 5.74) is 7.45. The second-order valence-electron chi connectivity index (χ2n) is 5.28. The van der Waals surface area contributed by atoms with E-state index in [1.54, 1.807) is 17.0 Å². The topological polar surface area (TPSA) is 82.2 Å². The number of nitrogens with two attached hydrogens (primary N) is 1. The van der Waals surface area contributed by atoms with Crippen molar-refractivity contribution in [3.63, 3.8) is 0 Å². The molecule has 1 amide bonds. The molecule has 1 aromatic rings. The third kappa shape index (κ3) is 2.40. The summed E-state index contributed by atoms with van der Waals surface area (Å²) < 4.78 is 0. The Morgan fingerprint density at radius 1 is 1.53 bits per heavy atom. The summed E-state index contributed by atoms with van der Waals surface area (Å²) in [6, 6.07) is 7.44. The SMILES string of the molecule is CC(C)(CCN)N1C(=O)CNc2ccc(C#N)cc21. The predicted molar refractivity (Wildman–Crippen MR) is 74.9 cm³/mol. The van der Waals surface area contributed by atoms with Crippen molar-refractivity contribution in [1.29, 1.82) is 5.26 Å². The molecule has 0 aromatic heterocycles. The monoisotopic (exact) mass is 258 g/mol. The third-order valence-electron chi connectivity index (χ3n) is 3.41. The standard InChI is InChI=1S/C14H18N4O/c1-14(2,5-6-15)18-12-7-10(8-16)3-4-11(12)17-9-13(18)19/h3-4,7,17H,5-6,9,15H2,1-2H3. The Morgan fingerprint density at radius 2 is 2.26 bits per heavy atom. The fraction of sp³-hybridized carbons (Fsp3) is 0.429. The summed E-state index contributed by atoms with van der Waals surface area (Å²) in [6.45, 7) is 4.77. The van der Waals surface area contributed by atoms with Crippen molar-refractivity contribution >= 4 is 17.3 Å². The van der Waals surface area contributed by atoms with Gasteiger partial charge in [-0.15, -0.1) is 0 Å². The normalized spacial score (nSPS) is 14.6. The quantitative estimate of drug-likeness (QED) is 0.859. The molecule has 0 radical (unpaired) electrons. The lowest BCUT2D eigenvalue weighted by Gasteiger charge is -2.42. The van der Waals surface area contributed by atoms with Crippen LogP contribution in [0.2, 0.25) is 0 Å². The number of anilines is 2. The number of carbonyl (C=O) groups is 1. The maximum absolute atomic E-state index is 12.2. The fourth-order valence-corrected chi connectivity index (χ4v) is 2.45. The van der Waals surface area contributed by atoms with Gasteiger partial charge in [-0.3, -0.25) is 4.79 Å². The minimum absolute atomic E-state index is 0.000963. The molecule has 0 saturated heterocycles. The summed E-state index contributed by atoms with van der Waals surface area (Å²) in [7, 11) is 0. The first-order valence-electron chi connectivity index (χ1n) is 6.31. The molecule has 0 unspecified atom stereocenters. The average Bonchev–Trinajstić information content (AvgIpc) is 2.37. The van der Waals surface area contributed by atoms with Crippen molar-refractivity contribution in [1.82, 2.24) is 0 Å². The van der Waals surface area contributed by atoms with Crippen LogP contribution in [-0.2, 0) is 4.79 Å². The van der Waals surface area contributed by atoms with E-state index in [4.69, 9.17) is 11.0 Å². The number of nitriles is 1. The van der Waals surface area contributed by atoms with Crippen LogP contribution in [0.25, 0.3) is 0 Å². The zero-order valence-corrected chi connectivity index (χ0v) is 11.2. The Labute approximate surface area is 113 Å². The molecule has 2 rings (SSSR count). The van der Waals surface area contributed by atoms with Gasteiger partial charge in [0, 0.05) is 5.54 Å². The number of carbonyl (C=O) groups excluding carboxylic acids is 1. The van der Waals surface area contributed by atoms with Crippen LogP contribution < -0.4 is 16.0 Å². The summed E-state index contributed by atoms with van der Waals surface area (Å²) in [4.78, 5) is 14.0. The number of benzene rings is 1. The van der Waals surface area contributed by atoms with E-state index in [1.807, 2.05) is 19.9 Å². The van der Waals surface area contributed by atoms with E-state index in [2.05, 4.69) is 11.4 Å². The molecule has 1 aliphatic heterocycles. The molecule has 5 heteroatoms. The zero-order chi connectivity index (χ0) is 14.0. The van der Waals surface area contributed by atoms with E-state index < -0.39 is 0 Å². The van der Waals surface area contributed by atoms with Gasteiger partial charge >= 0.3 is 0 Å². The van der Waals surface area contributed by atoms with Gasteiger partial charge in [-0.25, -0.2) is 0 Å². The number of nitrogens with one attached hydrogen (secondary N) is 1. The second kappa shape index (κ2) is 4.90. The van der Waals surface area contributed by atoms with E-state index in [1.165, 1.54) is 0 Å². The van der Waals surface area contributed by atoms with Crippen LogP contribution in [0.3, 0.4) is 0 Å². The van der Waals surface area contributed by atoms with Crippen molar-refractivity contribution < 1.29 is 4.79 Å². The Hall–Kier alpha value is -2.06. The zero-order valence-electron chi connectivity index (χ0n) is 11.2. The molecule has 1 aliphatic rings. The van der Waals surface area contributed by atoms with Gasteiger partial charge in [0.1, 0.15) is 0 Å². The maximum atomic E-state index is 12.2. The lowest BCUT2D eigenvalue weighted by Crippen LogP contribution is -2.53. The molecule has 5 nitrogen and oxygen atoms in total. The van der Waals surface area contributed by atoms with Crippen molar-refractivity contribution in [2.45, 2.75) is 25.8 Å². The van der Waals surface area contributed by atoms with Crippen LogP contribution in [0, 0.1) is 11.3 Å². The van der Waals surface area contributed by atoms with E-state index in [-0.39, 0.29) is 18.0 Å². The van der Waals surface area contributed by atoms with Crippen LogP contribution in [0.5, 0.6) is 0 Å². The smallest absolute Gasteiger partial charge is 0.246 e. The third-order valence-corrected chi connectivity index (χ3v) is 3.41. The lowest BCUT2D eigenvalue weighted by atomic mass is 9.95. The molecule has 1 heterocycles. The molecule has 0 aliphatic carbocycles. The summed E-state index contributed by atoms with van der Waals surface area (Å²) >= 11 is 0. The number of rotatable bonds is 3. The Morgan fingerprint density at radius 3 is 2.89 bits per heavy atom. The Kier molecular flexibility index (Phi) is 3.45. The minimum Gasteiger partial charge on any atom is -0.374 e. The molecule has 0 spiro atoms. The van der Waals surface area contributed by atoms with Gasteiger partial charge in [0.15, 0.2) is 0 Å². The molecule has 0 atom stereocenters. The number of fused-ring (bicyclic) bond motifs is 1. The molecule has 100 valence electrons. The van der Waals surface area contributed by atoms with Crippen molar-refractivity contribution in [2.24, 2.45) is 5.73 Å². The highest BCUT2D eigenvalue weighted by Crippen LogP contribution is 2.36. The molecular formula is C14H18N4O. The first-order valence-corrected chi connectivity index (χ1v) is 6.31. The Bertz CT molecular complexity index is 545. The van der Waals surface area contributed by atoms with E-state index in [0.29, 0.717) is 18.5 Å². The molecule has 19 heavy (non-hydrogen) atoms. The summed E-state index contributed by atoms with van der Waals surface area (Å²) in [5, 5.41) is 12.1. The lowest BCUT2D eigenvalue weighted by molar-refractivity contribution is -0.118. The molecule has 1 aromatic carbocycles. The Balaban J connectivity index is 2.51. The summed E-state index contributed by atoms with van der Waals surface area (Å²) in [5.74, 6) is 0.000963. The van der Waals surface area contributed by atoms with Crippen LogP contribution in [0.1, 0.15) is 25.8 Å². The number of amides is 1. The van der Waals surface area contributed by atoms with E-state index in [0.717, 1.165) is 11.4 Å². The highest BCUT2D eigenvalue weighted by atomic mass is 16.2. The number of hydrogen-bond acceptors (Lipinski definition) is 4. The maximum Gasteiger partial charge on any atom is 0.246 e. The van der Waals surface area contributed by atoms with Crippen LogP contribution in [0.4, 0.5) is 11.4 Å². The largest absolute Gasteiger partial charge is 0.374 e. The van der Waals surface area contributed by atoms with Crippen LogP contribution in [0.15, 0.2) is 18.2 Å². The van der Waals surface area contributed by atoms with Crippen LogP contribution >= 0.6 is 0 Å². The van der Waals surface area contributed by atoms with Gasteiger partial charge in [-0.05, 0) is 45.0 Å². The molecule has 0 saturated carbocycles. The first kappa shape index (κ1) is 13.4. The first-order chi connectivity index (χ1) is 8.99.